The van der Waals surface area contributed by atoms with Gasteiger partial charge in [0.2, 0.25) is 17.7 Å². The zero-order valence-corrected chi connectivity index (χ0v) is 30.0. The minimum absolute atomic E-state index is 0.0209. The van der Waals surface area contributed by atoms with E-state index in [0.717, 1.165) is 24.2 Å². The number of esters is 2. The number of aryl methyl sites for hydroxylation is 1. The van der Waals surface area contributed by atoms with Crippen molar-refractivity contribution in [3.8, 4) is 0 Å². The minimum Gasteiger partial charge on any atom is -0.388 e. The quantitative estimate of drug-likeness (QED) is 0.0967. The first kappa shape index (κ1) is 39.9. The number of nitrogens with one attached hydrogen (secondary N) is 3. The number of benzene rings is 3. The molecule has 0 spiro atoms. The van der Waals surface area contributed by atoms with Gasteiger partial charge in [-0.2, -0.15) is 0 Å². The van der Waals surface area contributed by atoms with Gasteiger partial charge >= 0.3 is 11.9 Å². The van der Waals surface area contributed by atoms with E-state index in [0.29, 0.717) is 32.8 Å². The molecule has 3 aromatic carbocycles. The van der Waals surface area contributed by atoms with Gasteiger partial charge in [-0.1, -0.05) is 92.7 Å². The average molecular weight is 715 g/mol. The van der Waals surface area contributed by atoms with Crippen molar-refractivity contribution in [1.82, 2.24) is 20.9 Å². The van der Waals surface area contributed by atoms with Gasteiger partial charge in [0.05, 0.1) is 25.4 Å². The predicted octanol–water partition coefficient (Wildman–Crippen LogP) is 3.09. The van der Waals surface area contributed by atoms with Crippen LogP contribution in [0.15, 0.2) is 91.0 Å². The number of hydrogen-bond donors (Lipinski definition) is 3. The zero-order chi connectivity index (χ0) is 37.1. The maximum absolute atomic E-state index is 13.9. The average Bonchev–Trinajstić information content (AvgIpc) is 3.15. The molecular formula is C40H50N4O8. The summed E-state index contributed by atoms with van der Waals surface area (Å²) in [6.07, 6.45) is 1.07. The summed E-state index contributed by atoms with van der Waals surface area (Å²) in [5, 5.41) is 8.36. The monoisotopic (exact) mass is 714 g/mol. The zero-order valence-electron chi connectivity index (χ0n) is 30.0. The molecule has 12 heteroatoms. The molecule has 3 aromatic rings. The standard InChI is InChI=1S/C40H50N4O8/c1-29(2)26-34(38(47)43-35(27-31-14-8-4-9-15-31)40(49)52-39(48)32-16-10-5-11-17-32)42-37(46)33(19-18-30-12-6-3-7-13-30)41-36(45)28-51-25-22-44-20-23-50-24-21-44/h3-17,29,33-35H,18-28H2,1-2H3,(H,41,45)(H,42,46)(H,43,47)/t33-,34?,35-/m0/s1. The Kier molecular flexibility index (Phi) is 16.4. The lowest BCUT2D eigenvalue weighted by Crippen LogP contribution is -2.57. The summed E-state index contributed by atoms with van der Waals surface area (Å²) < 4.78 is 16.2. The molecule has 1 heterocycles. The van der Waals surface area contributed by atoms with Gasteiger partial charge in [-0.3, -0.25) is 19.3 Å². The molecule has 3 amide bonds. The maximum atomic E-state index is 13.9. The van der Waals surface area contributed by atoms with E-state index in [-0.39, 0.29) is 37.4 Å². The summed E-state index contributed by atoms with van der Waals surface area (Å²) in [6.45, 7) is 7.56. The second-order valence-corrected chi connectivity index (χ2v) is 13.2. The summed E-state index contributed by atoms with van der Waals surface area (Å²) in [5.74, 6) is -3.40. The van der Waals surface area contributed by atoms with E-state index in [4.69, 9.17) is 14.2 Å². The van der Waals surface area contributed by atoms with Gasteiger partial charge in [-0.25, -0.2) is 9.59 Å². The Morgan fingerprint density at radius 3 is 1.94 bits per heavy atom. The van der Waals surface area contributed by atoms with Crippen LogP contribution in [0.3, 0.4) is 0 Å². The highest BCUT2D eigenvalue weighted by atomic mass is 16.6. The Morgan fingerprint density at radius 2 is 1.31 bits per heavy atom. The Balaban J connectivity index is 1.44. The van der Waals surface area contributed by atoms with E-state index in [2.05, 4.69) is 20.9 Å². The fourth-order valence-electron chi connectivity index (χ4n) is 5.73. The molecule has 12 nitrogen and oxygen atoms in total. The number of hydrogen-bond acceptors (Lipinski definition) is 9. The third-order valence-corrected chi connectivity index (χ3v) is 8.53. The lowest BCUT2D eigenvalue weighted by molar-refractivity contribution is -0.143. The molecule has 1 unspecified atom stereocenters. The molecule has 1 aliphatic rings. The van der Waals surface area contributed by atoms with E-state index in [9.17, 15) is 24.0 Å². The normalized spacial score (nSPS) is 14.8. The summed E-state index contributed by atoms with van der Waals surface area (Å²) in [6, 6.07) is 23.5. The Labute approximate surface area is 305 Å². The summed E-state index contributed by atoms with van der Waals surface area (Å²) >= 11 is 0. The summed E-state index contributed by atoms with van der Waals surface area (Å²) in [7, 11) is 0. The van der Waals surface area contributed by atoms with Crippen LogP contribution in [0, 0.1) is 5.92 Å². The van der Waals surface area contributed by atoms with Crippen LogP contribution < -0.4 is 16.0 Å². The third kappa shape index (κ3) is 14.0. The van der Waals surface area contributed by atoms with E-state index in [1.807, 2.05) is 50.2 Å². The van der Waals surface area contributed by atoms with E-state index >= 15 is 0 Å². The maximum Gasteiger partial charge on any atom is 0.345 e. The van der Waals surface area contributed by atoms with Gasteiger partial charge in [-0.15, -0.1) is 0 Å². The van der Waals surface area contributed by atoms with Crippen molar-refractivity contribution < 1.29 is 38.2 Å². The van der Waals surface area contributed by atoms with Crippen molar-refractivity contribution in [3.05, 3.63) is 108 Å². The summed E-state index contributed by atoms with van der Waals surface area (Å²) in [5.41, 5.74) is 1.91. The molecule has 1 fully saturated rings. The second kappa shape index (κ2) is 21.5. The molecule has 4 rings (SSSR count). The number of rotatable bonds is 19. The van der Waals surface area contributed by atoms with E-state index in [1.165, 1.54) is 12.1 Å². The number of carbonyl (C=O) groups excluding carboxylic acids is 5. The first-order valence-corrected chi connectivity index (χ1v) is 17.8. The molecule has 3 N–H and O–H groups in total. The van der Waals surface area contributed by atoms with Gasteiger partial charge in [-0.05, 0) is 48.4 Å². The fraction of sp³-hybridized carbons (Fsp3) is 0.425. The van der Waals surface area contributed by atoms with E-state index < -0.39 is 47.8 Å². The minimum atomic E-state index is -1.22. The third-order valence-electron chi connectivity index (χ3n) is 8.53. The molecule has 0 bridgehead atoms. The predicted molar refractivity (Wildman–Crippen MR) is 195 cm³/mol. The van der Waals surface area contributed by atoms with Gasteiger partial charge in [0.1, 0.15) is 24.7 Å². The van der Waals surface area contributed by atoms with Gasteiger partial charge in [0, 0.05) is 26.1 Å². The van der Waals surface area contributed by atoms with Crippen LogP contribution >= 0.6 is 0 Å². The van der Waals surface area contributed by atoms with Crippen molar-refractivity contribution in [3.63, 3.8) is 0 Å². The molecule has 52 heavy (non-hydrogen) atoms. The van der Waals surface area contributed by atoms with Crippen LogP contribution in [0.25, 0.3) is 0 Å². The second-order valence-electron chi connectivity index (χ2n) is 13.2. The van der Waals surface area contributed by atoms with E-state index in [1.54, 1.807) is 42.5 Å². The molecule has 0 radical (unpaired) electrons. The van der Waals surface area contributed by atoms with Crippen LogP contribution in [-0.4, -0.2) is 98.7 Å². The van der Waals surface area contributed by atoms with Crippen LogP contribution in [0.4, 0.5) is 0 Å². The number of ether oxygens (including phenoxy) is 3. The molecule has 1 saturated heterocycles. The van der Waals surface area contributed by atoms with Crippen molar-refractivity contribution in [2.75, 3.05) is 46.1 Å². The molecule has 0 aromatic heterocycles. The molecule has 1 aliphatic heterocycles. The van der Waals surface area contributed by atoms with Crippen LogP contribution in [0.1, 0.15) is 48.2 Å². The van der Waals surface area contributed by atoms with Crippen LogP contribution in [0.5, 0.6) is 0 Å². The van der Waals surface area contributed by atoms with Crippen LogP contribution in [-0.2, 0) is 46.2 Å². The van der Waals surface area contributed by atoms with Gasteiger partial charge < -0.3 is 30.2 Å². The van der Waals surface area contributed by atoms with Crippen molar-refractivity contribution in [1.29, 1.82) is 0 Å². The highest BCUT2D eigenvalue weighted by Gasteiger charge is 2.32. The molecular weight excluding hydrogens is 664 g/mol. The van der Waals surface area contributed by atoms with Crippen molar-refractivity contribution in [2.45, 2.75) is 57.7 Å². The molecule has 278 valence electrons. The largest absolute Gasteiger partial charge is 0.388 e. The Morgan fingerprint density at radius 1 is 0.731 bits per heavy atom. The highest BCUT2D eigenvalue weighted by molar-refractivity contribution is 5.99. The summed E-state index contributed by atoms with van der Waals surface area (Å²) in [4.78, 5) is 69.0. The number of amides is 3. The highest BCUT2D eigenvalue weighted by Crippen LogP contribution is 2.12. The first-order chi connectivity index (χ1) is 25.2. The van der Waals surface area contributed by atoms with Crippen LogP contribution in [0.2, 0.25) is 0 Å². The molecule has 3 atom stereocenters. The Hall–Kier alpha value is -4.91. The SMILES string of the molecule is CC(C)CC(NC(=O)[C@H](CCc1ccccc1)NC(=O)COCCN1CCOCC1)C(=O)N[C@@H](Cc1ccccc1)C(=O)OC(=O)c1ccccc1. The molecule has 0 aliphatic carbocycles. The fourth-order valence-corrected chi connectivity index (χ4v) is 5.73. The van der Waals surface area contributed by atoms with Crippen molar-refractivity contribution in [2.24, 2.45) is 5.92 Å². The topological polar surface area (TPSA) is 152 Å². The lowest BCUT2D eigenvalue weighted by Gasteiger charge is -2.26. The van der Waals surface area contributed by atoms with Gasteiger partial charge in [0.25, 0.3) is 0 Å². The lowest BCUT2D eigenvalue weighted by atomic mass is 10.00. The number of morpholine rings is 1. The van der Waals surface area contributed by atoms with Crippen molar-refractivity contribution >= 4 is 29.7 Å². The number of nitrogens with zero attached hydrogens (tertiary/aromatic N) is 1. The first-order valence-electron chi connectivity index (χ1n) is 17.8. The number of carbonyl (C=O) groups is 5. The Bertz CT molecular complexity index is 1570. The molecule has 0 saturated carbocycles. The van der Waals surface area contributed by atoms with Gasteiger partial charge in [0.15, 0.2) is 0 Å². The smallest absolute Gasteiger partial charge is 0.345 e.